The Hall–Kier alpha value is -0.960. The molecule has 0 fully saturated rings. The molecule has 2 atom stereocenters. The van der Waals surface area contributed by atoms with Gasteiger partial charge in [-0.1, -0.05) is 19.4 Å². The summed E-state index contributed by atoms with van der Waals surface area (Å²) in [4.78, 5) is 4.40. The van der Waals surface area contributed by atoms with Gasteiger partial charge in [0.05, 0.1) is 0 Å². The summed E-state index contributed by atoms with van der Waals surface area (Å²) in [6, 6.07) is 4.00. The van der Waals surface area contributed by atoms with Crippen molar-refractivity contribution in [1.82, 2.24) is 4.98 Å². The summed E-state index contributed by atoms with van der Waals surface area (Å²) in [5.41, 5.74) is 6.55. The van der Waals surface area contributed by atoms with Crippen LogP contribution in [-0.4, -0.2) is 17.2 Å². The van der Waals surface area contributed by atoms with Crippen LogP contribution in [-0.2, 0) is 6.42 Å². The SMILES string of the molecule is CCCC(F)(CN)C1CCCc2cccnc21. The average Bonchev–Trinajstić information content (AvgIpc) is 2.38. The van der Waals surface area contributed by atoms with Gasteiger partial charge in [-0.3, -0.25) is 4.98 Å². The summed E-state index contributed by atoms with van der Waals surface area (Å²) >= 11 is 0. The summed E-state index contributed by atoms with van der Waals surface area (Å²) < 4.78 is 14.9. The third-order valence-electron chi connectivity index (χ3n) is 3.82. The minimum atomic E-state index is -1.28. The lowest BCUT2D eigenvalue weighted by Gasteiger charge is -2.36. The number of aromatic nitrogens is 1. The fourth-order valence-corrected chi connectivity index (χ4v) is 2.95. The molecule has 2 nitrogen and oxygen atoms in total. The van der Waals surface area contributed by atoms with Crippen molar-refractivity contribution in [2.45, 2.75) is 50.6 Å². The standard InChI is InChI=1S/C14H21FN2/c1-2-8-14(15,10-16)12-7-3-5-11-6-4-9-17-13(11)12/h4,6,9,12H,2-3,5,7-8,10,16H2,1H3. The van der Waals surface area contributed by atoms with E-state index in [-0.39, 0.29) is 12.5 Å². The average molecular weight is 236 g/mol. The quantitative estimate of drug-likeness (QED) is 0.873. The Morgan fingerprint density at radius 1 is 1.59 bits per heavy atom. The van der Waals surface area contributed by atoms with Crippen molar-refractivity contribution < 1.29 is 4.39 Å². The fourth-order valence-electron chi connectivity index (χ4n) is 2.95. The Bertz CT molecular complexity index is 380. The molecule has 1 aromatic rings. The molecular weight excluding hydrogens is 215 g/mol. The molecule has 2 unspecified atom stereocenters. The van der Waals surface area contributed by atoms with Crippen LogP contribution < -0.4 is 5.73 Å². The first kappa shape index (κ1) is 12.5. The first-order chi connectivity index (χ1) is 8.21. The minimum Gasteiger partial charge on any atom is -0.328 e. The van der Waals surface area contributed by atoms with Gasteiger partial charge in [0.2, 0.25) is 0 Å². The van der Waals surface area contributed by atoms with Crippen LogP contribution in [0, 0.1) is 0 Å². The van der Waals surface area contributed by atoms with Gasteiger partial charge in [0.1, 0.15) is 5.67 Å². The second-order valence-electron chi connectivity index (χ2n) is 4.98. The number of nitrogens with two attached hydrogens (primary N) is 1. The summed E-state index contributed by atoms with van der Waals surface area (Å²) in [5, 5.41) is 0. The normalized spacial score (nSPS) is 22.9. The van der Waals surface area contributed by atoms with Crippen LogP contribution >= 0.6 is 0 Å². The van der Waals surface area contributed by atoms with E-state index >= 15 is 0 Å². The van der Waals surface area contributed by atoms with Crippen LogP contribution in [0.2, 0.25) is 0 Å². The molecule has 2 rings (SSSR count). The lowest BCUT2D eigenvalue weighted by molar-refractivity contribution is 0.107. The maximum atomic E-state index is 14.9. The van der Waals surface area contributed by atoms with E-state index in [1.165, 1.54) is 5.56 Å². The molecule has 0 saturated carbocycles. The highest BCUT2D eigenvalue weighted by Gasteiger charge is 2.40. The second kappa shape index (κ2) is 5.13. The molecule has 0 aliphatic heterocycles. The summed E-state index contributed by atoms with van der Waals surface area (Å²) in [5.74, 6) is -0.114. The van der Waals surface area contributed by atoms with Gasteiger partial charge in [0.25, 0.3) is 0 Å². The van der Waals surface area contributed by atoms with Crippen molar-refractivity contribution in [3.05, 3.63) is 29.6 Å². The van der Waals surface area contributed by atoms with Crippen LogP contribution in [0.4, 0.5) is 4.39 Å². The number of fused-ring (bicyclic) bond motifs is 1. The van der Waals surface area contributed by atoms with Crippen LogP contribution in [0.25, 0.3) is 0 Å². The van der Waals surface area contributed by atoms with Crippen molar-refractivity contribution >= 4 is 0 Å². The molecule has 0 bridgehead atoms. The molecule has 1 aliphatic carbocycles. The molecule has 0 amide bonds. The summed E-state index contributed by atoms with van der Waals surface area (Å²) in [6.07, 6.45) is 6.06. The van der Waals surface area contributed by atoms with Crippen molar-refractivity contribution in [3.8, 4) is 0 Å². The predicted octanol–water partition coefficient (Wildman–Crippen LogP) is 2.97. The van der Waals surface area contributed by atoms with Crippen molar-refractivity contribution in [2.75, 3.05) is 6.54 Å². The zero-order valence-corrected chi connectivity index (χ0v) is 10.5. The first-order valence-electron chi connectivity index (χ1n) is 6.54. The molecule has 1 aromatic heterocycles. The van der Waals surface area contributed by atoms with Gasteiger partial charge in [0.15, 0.2) is 0 Å². The van der Waals surface area contributed by atoms with Gasteiger partial charge in [-0.2, -0.15) is 0 Å². The lowest BCUT2D eigenvalue weighted by atomic mass is 9.75. The molecule has 1 heterocycles. The van der Waals surface area contributed by atoms with E-state index in [2.05, 4.69) is 11.1 Å². The zero-order chi connectivity index (χ0) is 12.3. The molecule has 0 saturated heterocycles. The van der Waals surface area contributed by atoms with E-state index in [0.29, 0.717) is 6.42 Å². The maximum Gasteiger partial charge on any atom is 0.131 e. The number of alkyl halides is 1. The van der Waals surface area contributed by atoms with Gasteiger partial charge >= 0.3 is 0 Å². The molecule has 0 aromatic carbocycles. The van der Waals surface area contributed by atoms with Gasteiger partial charge < -0.3 is 5.73 Å². The topological polar surface area (TPSA) is 38.9 Å². The number of aryl methyl sites for hydroxylation is 1. The van der Waals surface area contributed by atoms with Gasteiger partial charge in [-0.25, -0.2) is 4.39 Å². The van der Waals surface area contributed by atoms with Crippen LogP contribution in [0.5, 0.6) is 0 Å². The largest absolute Gasteiger partial charge is 0.328 e. The van der Waals surface area contributed by atoms with Gasteiger partial charge in [0, 0.05) is 24.4 Å². The van der Waals surface area contributed by atoms with Gasteiger partial charge in [-0.15, -0.1) is 0 Å². The first-order valence-corrected chi connectivity index (χ1v) is 6.54. The Kier molecular flexibility index (Phi) is 3.77. The van der Waals surface area contributed by atoms with E-state index < -0.39 is 5.67 Å². The monoisotopic (exact) mass is 236 g/mol. The van der Waals surface area contributed by atoms with Crippen molar-refractivity contribution in [1.29, 1.82) is 0 Å². The van der Waals surface area contributed by atoms with Crippen LogP contribution in [0.1, 0.15) is 49.8 Å². The van der Waals surface area contributed by atoms with E-state index in [9.17, 15) is 4.39 Å². The van der Waals surface area contributed by atoms with E-state index in [4.69, 9.17) is 5.73 Å². The number of nitrogens with zero attached hydrogens (tertiary/aromatic N) is 1. The number of hydrogen-bond donors (Lipinski definition) is 1. The zero-order valence-electron chi connectivity index (χ0n) is 10.5. The molecule has 0 radical (unpaired) electrons. The van der Waals surface area contributed by atoms with Crippen LogP contribution in [0.3, 0.4) is 0 Å². The van der Waals surface area contributed by atoms with Gasteiger partial charge in [-0.05, 0) is 37.3 Å². The highest BCUT2D eigenvalue weighted by molar-refractivity contribution is 5.28. The molecule has 0 spiro atoms. The Labute approximate surface area is 102 Å². The maximum absolute atomic E-state index is 14.9. The lowest BCUT2D eigenvalue weighted by Crippen LogP contribution is -2.41. The highest BCUT2D eigenvalue weighted by Crippen LogP contribution is 2.41. The number of pyridine rings is 1. The van der Waals surface area contributed by atoms with Crippen LogP contribution in [0.15, 0.2) is 18.3 Å². The Morgan fingerprint density at radius 3 is 3.12 bits per heavy atom. The molecule has 2 N–H and O–H groups in total. The van der Waals surface area contributed by atoms with E-state index in [0.717, 1.165) is 31.4 Å². The third-order valence-corrected chi connectivity index (χ3v) is 3.82. The molecule has 1 aliphatic rings. The smallest absolute Gasteiger partial charge is 0.131 e. The Morgan fingerprint density at radius 2 is 2.41 bits per heavy atom. The summed E-state index contributed by atoms with van der Waals surface area (Å²) in [6.45, 7) is 2.10. The van der Waals surface area contributed by atoms with Crippen molar-refractivity contribution in [2.24, 2.45) is 5.73 Å². The molecular formula is C14H21FN2. The highest BCUT2D eigenvalue weighted by atomic mass is 19.1. The van der Waals surface area contributed by atoms with Crippen molar-refractivity contribution in [3.63, 3.8) is 0 Å². The molecule has 17 heavy (non-hydrogen) atoms. The summed E-state index contributed by atoms with van der Waals surface area (Å²) in [7, 11) is 0. The fraction of sp³-hybridized carbons (Fsp3) is 0.643. The third kappa shape index (κ3) is 2.34. The number of halogens is 1. The number of rotatable bonds is 4. The van der Waals surface area contributed by atoms with E-state index in [1.54, 1.807) is 6.20 Å². The number of hydrogen-bond acceptors (Lipinski definition) is 2. The molecule has 94 valence electrons. The van der Waals surface area contributed by atoms with E-state index in [1.807, 2.05) is 13.0 Å². The minimum absolute atomic E-state index is 0.0987. The Balaban J connectivity index is 2.34. The predicted molar refractivity (Wildman–Crippen MR) is 67.7 cm³/mol. The molecule has 3 heteroatoms. The second-order valence-corrected chi connectivity index (χ2v) is 4.98.